The number of hydrogen-bond donors (Lipinski definition) is 2. The maximum Gasteiger partial charge on any atom is 0.418 e. The SMILES string of the molecule is Cc1cnc(NC2CCN(S(C)(=O)=O)CC2)nc1-c1cnn(CC(C)(O)C(F)(F)F)c1. The summed E-state index contributed by atoms with van der Waals surface area (Å²) < 4.78 is 64.5. The summed E-state index contributed by atoms with van der Waals surface area (Å²) in [7, 11) is -3.21. The second-order valence-corrected chi connectivity index (χ2v) is 9.99. The van der Waals surface area contributed by atoms with Crippen molar-refractivity contribution in [1.82, 2.24) is 24.1 Å². The molecule has 31 heavy (non-hydrogen) atoms. The van der Waals surface area contributed by atoms with Crippen molar-refractivity contribution in [3.63, 3.8) is 0 Å². The molecule has 0 aromatic carbocycles. The molecule has 2 aromatic rings. The molecule has 9 nitrogen and oxygen atoms in total. The largest absolute Gasteiger partial charge is 0.418 e. The van der Waals surface area contributed by atoms with E-state index in [9.17, 15) is 26.7 Å². The Morgan fingerprint density at radius 3 is 2.48 bits per heavy atom. The summed E-state index contributed by atoms with van der Waals surface area (Å²) in [6, 6.07) is -0.00170. The molecule has 172 valence electrons. The van der Waals surface area contributed by atoms with Crippen LogP contribution in [0, 0.1) is 6.92 Å². The first-order chi connectivity index (χ1) is 14.3. The third kappa shape index (κ3) is 5.52. The van der Waals surface area contributed by atoms with E-state index in [1.165, 1.54) is 23.0 Å². The number of piperidine rings is 1. The number of nitrogens with zero attached hydrogens (tertiary/aromatic N) is 5. The number of hydrogen-bond acceptors (Lipinski definition) is 7. The van der Waals surface area contributed by atoms with Gasteiger partial charge in [0.2, 0.25) is 16.0 Å². The third-order valence-electron chi connectivity index (χ3n) is 5.22. The highest BCUT2D eigenvalue weighted by atomic mass is 32.2. The maximum absolute atomic E-state index is 12.9. The minimum atomic E-state index is -4.78. The molecule has 2 N–H and O–H groups in total. The van der Waals surface area contributed by atoms with E-state index in [1.807, 2.05) is 0 Å². The smallest absolute Gasteiger partial charge is 0.379 e. The summed E-state index contributed by atoms with van der Waals surface area (Å²) in [6.07, 6.45) is 1.98. The van der Waals surface area contributed by atoms with Gasteiger partial charge in [-0.25, -0.2) is 22.7 Å². The average Bonchev–Trinajstić information content (AvgIpc) is 3.09. The molecule has 1 aliphatic heterocycles. The van der Waals surface area contributed by atoms with Gasteiger partial charge in [0.25, 0.3) is 0 Å². The Labute approximate surface area is 178 Å². The molecule has 13 heteroatoms. The van der Waals surface area contributed by atoms with Crippen LogP contribution in [0.25, 0.3) is 11.3 Å². The van der Waals surface area contributed by atoms with Crippen molar-refractivity contribution in [3.05, 3.63) is 24.2 Å². The lowest BCUT2D eigenvalue weighted by atomic mass is 10.1. The maximum atomic E-state index is 12.9. The minimum Gasteiger partial charge on any atom is -0.379 e. The predicted molar refractivity (Wildman–Crippen MR) is 108 cm³/mol. The van der Waals surface area contributed by atoms with Crippen LogP contribution in [0.1, 0.15) is 25.3 Å². The fourth-order valence-electron chi connectivity index (χ4n) is 3.30. The van der Waals surface area contributed by atoms with Crippen LogP contribution in [0.2, 0.25) is 0 Å². The fraction of sp³-hybridized carbons (Fsp3) is 0.611. The summed E-state index contributed by atoms with van der Waals surface area (Å²) in [5, 5.41) is 16.8. The number of aryl methyl sites for hydroxylation is 1. The Morgan fingerprint density at radius 1 is 1.26 bits per heavy atom. The van der Waals surface area contributed by atoms with Crippen LogP contribution in [0.4, 0.5) is 19.1 Å². The summed E-state index contributed by atoms with van der Waals surface area (Å²) in [4.78, 5) is 8.73. The van der Waals surface area contributed by atoms with E-state index < -0.39 is 28.3 Å². The van der Waals surface area contributed by atoms with Crippen molar-refractivity contribution >= 4 is 16.0 Å². The lowest BCUT2D eigenvalue weighted by Crippen LogP contribution is -2.45. The lowest BCUT2D eigenvalue weighted by molar-refractivity contribution is -0.258. The Balaban J connectivity index is 1.72. The molecule has 3 rings (SSSR count). The van der Waals surface area contributed by atoms with Gasteiger partial charge in [-0.05, 0) is 32.3 Å². The van der Waals surface area contributed by atoms with Crippen molar-refractivity contribution in [2.24, 2.45) is 0 Å². The number of aliphatic hydroxyl groups is 1. The van der Waals surface area contributed by atoms with Gasteiger partial charge in [-0.1, -0.05) is 0 Å². The van der Waals surface area contributed by atoms with Crippen LogP contribution in [0.5, 0.6) is 0 Å². The zero-order chi connectivity index (χ0) is 23.0. The first-order valence-corrected chi connectivity index (χ1v) is 11.5. The van der Waals surface area contributed by atoms with Crippen molar-refractivity contribution < 1.29 is 26.7 Å². The van der Waals surface area contributed by atoms with Crippen LogP contribution < -0.4 is 5.32 Å². The highest BCUT2D eigenvalue weighted by Crippen LogP contribution is 2.31. The van der Waals surface area contributed by atoms with Crippen molar-refractivity contribution in [2.75, 3.05) is 24.7 Å². The quantitative estimate of drug-likeness (QED) is 0.673. The van der Waals surface area contributed by atoms with E-state index in [0.717, 1.165) is 4.68 Å². The molecule has 1 fully saturated rings. The van der Waals surface area contributed by atoms with Gasteiger partial charge in [0.15, 0.2) is 5.60 Å². The Kier molecular flexibility index (Phi) is 6.31. The topological polar surface area (TPSA) is 113 Å². The van der Waals surface area contributed by atoms with E-state index in [-0.39, 0.29) is 6.04 Å². The van der Waals surface area contributed by atoms with E-state index in [0.29, 0.717) is 55.6 Å². The van der Waals surface area contributed by atoms with Crippen molar-refractivity contribution in [3.8, 4) is 11.3 Å². The molecule has 0 spiro atoms. The van der Waals surface area contributed by atoms with Crippen molar-refractivity contribution in [2.45, 2.75) is 51.1 Å². The number of rotatable bonds is 6. The first kappa shape index (κ1) is 23.4. The number of aromatic nitrogens is 4. The fourth-order valence-corrected chi connectivity index (χ4v) is 4.17. The predicted octanol–water partition coefficient (Wildman–Crippen LogP) is 1.80. The molecule has 0 saturated carbocycles. The molecule has 1 unspecified atom stereocenters. The monoisotopic (exact) mass is 462 g/mol. The molecule has 2 aromatic heterocycles. The lowest BCUT2D eigenvalue weighted by Gasteiger charge is -2.30. The second-order valence-electron chi connectivity index (χ2n) is 8.00. The number of anilines is 1. The minimum absolute atomic E-state index is 0.00170. The molecule has 0 radical (unpaired) electrons. The van der Waals surface area contributed by atoms with Crippen LogP contribution in [0.3, 0.4) is 0 Å². The normalized spacial score (nSPS) is 18.7. The number of alkyl halides is 3. The van der Waals surface area contributed by atoms with Gasteiger partial charge in [0, 0.05) is 37.1 Å². The highest BCUT2D eigenvalue weighted by molar-refractivity contribution is 7.88. The molecule has 1 atom stereocenters. The van der Waals surface area contributed by atoms with Gasteiger partial charge >= 0.3 is 6.18 Å². The summed E-state index contributed by atoms with van der Waals surface area (Å²) in [6.45, 7) is 2.53. The van der Waals surface area contributed by atoms with E-state index in [4.69, 9.17) is 0 Å². The Morgan fingerprint density at radius 2 is 1.90 bits per heavy atom. The average molecular weight is 462 g/mol. The van der Waals surface area contributed by atoms with Crippen molar-refractivity contribution in [1.29, 1.82) is 0 Å². The standard InChI is InChI=1S/C18H25F3N6O3S/c1-12-8-22-16(24-14-4-6-27(7-5-14)31(3,29)30)25-15(12)13-9-23-26(10-13)11-17(2,28)18(19,20)21/h8-10,14,28H,4-7,11H2,1-3H3,(H,22,24,25). The number of nitrogens with one attached hydrogen (secondary N) is 1. The zero-order valence-corrected chi connectivity index (χ0v) is 18.2. The van der Waals surface area contributed by atoms with Crippen LogP contribution >= 0.6 is 0 Å². The van der Waals surface area contributed by atoms with Gasteiger partial charge in [-0.15, -0.1) is 0 Å². The highest BCUT2D eigenvalue weighted by Gasteiger charge is 2.50. The zero-order valence-electron chi connectivity index (χ0n) is 17.4. The summed E-state index contributed by atoms with van der Waals surface area (Å²) in [5.74, 6) is 0.341. The van der Waals surface area contributed by atoms with Crippen LogP contribution in [-0.2, 0) is 16.6 Å². The molecule has 3 heterocycles. The van der Waals surface area contributed by atoms with Crippen LogP contribution in [0.15, 0.2) is 18.6 Å². The van der Waals surface area contributed by atoms with Crippen LogP contribution in [-0.4, -0.2) is 74.7 Å². The molecule has 0 aliphatic carbocycles. The van der Waals surface area contributed by atoms with Gasteiger partial charge in [0.1, 0.15) is 0 Å². The Hall–Kier alpha value is -2.25. The van der Waals surface area contributed by atoms with E-state index in [1.54, 1.807) is 13.1 Å². The van der Waals surface area contributed by atoms with Gasteiger partial charge in [-0.3, -0.25) is 4.68 Å². The molecule has 0 amide bonds. The molecule has 0 bridgehead atoms. The number of halogens is 3. The molecular formula is C18H25F3N6O3S. The van der Waals surface area contributed by atoms with E-state index in [2.05, 4.69) is 20.4 Å². The number of sulfonamides is 1. The third-order valence-corrected chi connectivity index (χ3v) is 6.52. The molecular weight excluding hydrogens is 437 g/mol. The second kappa shape index (κ2) is 8.36. The van der Waals surface area contributed by atoms with Gasteiger partial charge in [-0.2, -0.15) is 18.3 Å². The first-order valence-electron chi connectivity index (χ1n) is 9.63. The molecule has 1 saturated heterocycles. The summed E-state index contributed by atoms with van der Waals surface area (Å²) in [5.41, 5.74) is -1.21. The van der Waals surface area contributed by atoms with Gasteiger partial charge < -0.3 is 10.4 Å². The Bertz CT molecular complexity index is 1030. The van der Waals surface area contributed by atoms with E-state index >= 15 is 0 Å². The van der Waals surface area contributed by atoms with Gasteiger partial charge in [0.05, 0.1) is 24.7 Å². The summed E-state index contributed by atoms with van der Waals surface area (Å²) >= 11 is 0. The molecule has 1 aliphatic rings.